The molecule has 0 bridgehead atoms. The first-order chi connectivity index (χ1) is 18.5. The first-order valence-electron chi connectivity index (χ1n) is 13.1. The topological polar surface area (TPSA) is 80.3 Å². The van der Waals surface area contributed by atoms with Crippen molar-refractivity contribution in [3.05, 3.63) is 42.3 Å². The van der Waals surface area contributed by atoms with E-state index in [-0.39, 0.29) is 17.9 Å². The zero-order valence-corrected chi connectivity index (χ0v) is 23.8. The van der Waals surface area contributed by atoms with Crippen molar-refractivity contribution in [1.82, 2.24) is 14.9 Å². The lowest BCUT2D eigenvalue weighted by molar-refractivity contribution is 0.0303. The summed E-state index contributed by atoms with van der Waals surface area (Å²) in [5.41, 5.74) is 2.59. The molecular formula is C29H38FN5O4. The molecule has 1 unspecified atom stereocenters. The minimum atomic E-state index is -0.537. The Balaban J connectivity index is 1.56. The second-order valence-corrected chi connectivity index (χ2v) is 10.9. The number of fused-ring (bicyclic) bond motifs is 1. The summed E-state index contributed by atoms with van der Waals surface area (Å²) in [6.07, 6.45) is 2.46. The van der Waals surface area contributed by atoms with Gasteiger partial charge in [0, 0.05) is 76.3 Å². The monoisotopic (exact) mass is 539 g/mol. The fourth-order valence-corrected chi connectivity index (χ4v) is 4.52. The van der Waals surface area contributed by atoms with Gasteiger partial charge in [0.05, 0.1) is 24.4 Å². The minimum absolute atomic E-state index is 0.130. The van der Waals surface area contributed by atoms with Crippen LogP contribution < -0.4 is 14.5 Å². The minimum Gasteiger partial charge on any atom is -0.494 e. The number of nitrogens with zero attached hydrogens (tertiary/aromatic N) is 5. The van der Waals surface area contributed by atoms with Gasteiger partial charge in [-0.1, -0.05) is 0 Å². The number of hydrogen-bond donors (Lipinski definition) is 0. The van der Waals surface area contributed by atoms with Crippen LogP contribution in [0.15, 0.2) is 36.5 Å². The standard InChI is InChI=1S/C29H38FN5O4/c1-29(2,3)39-28(36)34(5)13-12-33(4)27-9-8-19(17-31-27)23-15-25(35-11-10-20(18-35)37-6)21-14-22(30)26(38-7)16-24(21)32-23/h8-9,14-17,20H,10-13,18H2,1-7H3. The van der Waals surface area contributed by atoms with Crippen LogP contribution in [0.5, 0.6) is 5.75 Å². The summed E-state index contributed by atoms with van der Waals surface area (Å²) >= 11 is 0. The van der Waals surface area contributed by atoms with E-state index in [9.17, 15) is 9.18 Å². The maximum Gasteiger partial charge on any atom is 0.410 e. The van der Waals surface area contributed by atoms with Crippen molar-refractivity contribution in [3.8, 4) is 17.0 Å². The van der Waals surface area contributed by atoms with E-state index in [1.807, 2.05) is 50.9 Å². The summed E-state index contributed by atoms with van der Waals surface area (Å²) in [6.45, 7) is 8.15. The highest BCUT2D eigenvalue weighted by Crippen LogP contribution is 2.36. The number of pyridine rings is 2. The first-order valence-corrected chi connectivity index (χ1v) is 13.1. The van der Waals surface area contributed by atoms with Crippen LogP contribution >= 0.6 is 0 Å². The van der Waals surface area contributed by atoms with Crippen LogP contribution in [0.25, 0.3) is 22.2 Å². The van der Waals surface area contributed by atoms with Crippen LogP contribution in [0, 0.1) is 5.82 Å². The third-order valence-electron chi connectivity index (χ3n) is 6.79. The number of benzene rings is 1. The van der Waals surface area contributed by atoms with E-state index < -0.39 is 11.4 Å². The highest BCUT2D eigenvalue weighted by Gasteiger charge is 2.25. The zero-order chi connectivity index (χ0) is 28.3. The van der Waals surface area contributed by atoms with Crippen LogP contribution in [0.2, 0.25) is 0 Å². The number of methoxy groups -OCH3 is 2. The van der Waals surface area contributed by atoms with Crippen LogP contribution in [-0.4, -0.2) is 87.2 Å². The molecule has 1 saturated heterocycles. The number of anilines is 2. The summed E-state index contributed by atoms with van der Waals surface area (Å²) in [4.78, 5) is 27.5. The van der Waals surface area contributed by atoms with Crippen molar-refractivity contribution in [2.75, 3.05) is 64.3 Å². The zero-order valence-electron chi connectivity index (χ0n) is 23.8. The molecular weight excluding hydrogens is 501 g/mol. The van der Waals surface area contributed by atoms with Crippen molar-refractivity contribution in [1.29, 1.82) is 0 Å². The molecule has 3 aromatic rings. The number of rotatable bonds is 8. The Morgan fingerprint density at radius 2 is 1.92 bits per heavy atom. The summed E-state index contributed by atoms with van der Waals surface area (Å²) in [7, 11) is 6.81. The van der Waals surface area contributed by atoms with Crippen LogP contribution in [0.4, 0.5) is 20.7 Å². The average Bonchev–Trinajstić information content (AvgIpc) is 3.39. The predicted molar refractivity (Wildman–Crippen MR) is 151 cm³/mol. The molecule has 0 spiro atoms. The van der Waals surface area contributed by atoms with Crippen LogP contribution in [0.3, 0.4) is 0 Å². The molecule has 1 aliphatic heterocycles. The molecule has 10 heteroatoms. The number of hydrogen-bond acceptors (Lipinski definition) is 8. The number of carbonyl (C=O) groups excluding carboxylic acids is 1. The normalized spacial score (nSPS) is 15.5. The molecule has 1 aromatic carbocycles. The number of ether oxygens (including phenoxy) is 3. The van der Waals surface area contributed by atoms with E-state index in [1.54, 1.807) is 31.3 Å². The third kappa shape index (κ3) is 6.68. The van der Waals surface area contributed by atoms with Crippen LogP contribution in [0.1, 0.15) is 27.2 Å². The second kappa shape index (κ2) is 11.6. The van der Waals surface area contributed by atoms with Gasteiger partial charge in [-0.15, -0.1) is 0 Å². The largest absolute Gasteiger partial charge is 0.494 e. The van der Waals surface area contributed by atoms with Gasteiger partial charge in [-0.3, -0.25) is 0 Å². The quantitative estimate of drug-likeness (QED) is 0.397. The van der Waals surface area contributed by atoms with Gasteiger partial charge in [0.25, 0.3) is 0 Å². The SMILES string of the molecule is COc1cc2nc(-c3ccc(N(C)CCN(C)C(=O)OC(C)(C)C)nc3)cc(N3CCC(OC)C3)c2cc1F. The van der Waals surface area contributed by atoms with Crippen LogP contribution in [-0.2, 0) is 9.47 Å². The lowest BCUT2D eigenvalue weighted by Crippen LogP contribution is -2.38. The van der Waals surface area contributed by atoms with E-state index in [0.29, 0.717) is 18.6 Å². The number of likely N-dealkylation sites (N-methyl/N-ethyl adjacent to an activating group) is 2. The number of amides is 1. The molecule has 1 fully saturated rings. The fourth-order valence-electron chi connectivity index (χ4n) is 4.52. The smallest absolute Gasteiger partial charge is 0.410 e. The highest BCUT2D eigenvalue weighted by atomic mass is 19.1. The third-order valence-corrected chi connectivity index (χ3v) is 6.79. The van der Waals surface area contributed by atoms with Crippen molar-refractivity contribution in [2.24, 2.45) is 0 Å². The molecule has 2 aromatic heterocycles. The van der Waals surface area contributed by atoms with E-state index in [2.05, 4.69) is 9.88 Å². The summed E-state index contributed by atoms with van der Waals surface area (Å²) < 4.78 is 30.9. The Morgan fingerprint density at radius 3 is 2.54 bits per heavy atom. The van der Waals surface area contributed by atoms with Gasteiger partial charge in [0.1, 0.15) is 11.4 Å². The van der Waals surface area contributed by atoms with E-state index in [1.165, 1.54) is 13.2 Å². The molecule has 4 rings (SSSR count). The molecule has 0 N–H and O–H groups in total. The molecule has 1 atom stereocenters. The van der Waals surface area contributed by atoms with Crippen molar-refractivity contribution in [3.63, 3.8) is 0 Å². The second-order valence-electron chi connectivity index (χ2n) is 10.9. The first kappa shape index (κ1) is 28.4. The Kier molecular flexibility index (Phi) is 8.44. The molecule has 210 valence electrons. The maximum absolute atomic E-state index is 14.7. The van der Waals surface area contributed by atoms with E-state index in [0.717, 1.165) is 47.7 Å². The highest BCUT2D eigenvalue weighted by molar-refractivity contribution is 5.95. The number of halogens is 1. The molecule has 0 saturated carbocycles. The van der Waals surface area contributed by atoms with Gasteiger partial charge in [-0.05, 0) is 51.5 Å². The van der Waals surface area contributed by atoms with Gasteiger partial charge in [-0.2, -0.15) is 0 Å². The molecule has 0 aliphatic carbocycles. The Labute approximate surface area is 229 Å². The van der Waals surface area contributed by atoms with Gasteiger partial charge in [0.15, 0.2) is 11.6 Å². The molecule has 1 aliphatic rings. The Hall–Kier alpha value is -3.66. The molecule has 39 heavy (non-hydrogen) atoms. The average molecular weight is 540 g/mol. The Morgan fingerprint density at radius 1 is 1.15 bits per heavy atom. The van der Waals surface area contributed by atoms with Gasteiger partial charge < -0.3 is 28.9 Å². The Bertz CT molecular complexity index is 1310. The maximum atomic E-state index is 14.7. The lowest BCUT2D eigenvalue weighted by Gasteiger charge is -2.26. The molecule has 9 nitrogen and oxygen atoms in total. The lowest BCUT2D eigenvalue weighted by atomic mass is 10.1. The number of carbonyl (C=O) groups is 1. The summed E-state index contributed by atoms with van der Waals surface area (Å²) in [5, 5.41) is 0.729. The van der Waals surface area contributed by atoms with E-state index in [4.69, 9.17) is 19.2 Å². The van der Waals surface area contributed by atoms with E-state index >= 15 is 0 Å². The van der Waals surface area contributed by atoms with Crippen molar-refractivity contribution in [2.45, 2.75) is 38.9 Å². The van der Waals surface area contributed by atoms with Gasteiger partial charge in [-0.25, -0.2) is 19.2 Å². The van der Waals surface area contributed by atoms with Gasteiger partial charge >= 0.3 is 6.09 Å². The molecule has 0 radical (unpaired) electrons. The summed E-state index contributed by atoms with van der Waals surface area (Å²) in [6, 6.07) is 9.01. The molecule has 1 amide bonds. The fraction of sp³-hybridized carbons (Fsp3) is 0.483. The number of aromatic nitrogens is 2. The van der Waals surface area contributed by atoms with Crippen molar-refractivity contribution >= 4 is 28.5 Å². The summed E-state index contributed by atoms with van der Waals surface area (Å²) in [5.74, 6) is 0.499. The van der Waals surface area contributed by atoms with Crippen molar-refractivity contribution < 1.29 is 23.4 Å². The van der Waals surface area contributed by atoms with Gasteiger partial charge in [0.2, 0.25) is 0 Å². The molecule has 3 heterocycles. The predicted octanol–water partition coefficient (Wildman–Crippen LogP) is 4.97.